The first-order chi connectivity index (χ1) is 8.81. The molecule has 0 amide bonds. The predicted molar refractivity (Wildman–Crippen MR) is 76.2 cm³/mol. The van der Waals surface area contributed by atoms with E-state index in [0.29, 0.717) is 6.54 Å². The molecule has 2 fully saturated rings. The Balaban J connectivity index is 1.66. The summed E-state index contributed by atoms with van der Waals surface area (Å²) in [5.41, 5.74) is 6.98. The highest BCUT2D eigenvalue weighted by Gasteiger charge is 2.31. The molecule has 100 valence electrons. The number of anilines is 1. The predicted octanol–water partition coefficient (Wildman–Crippen LogP) is 1.45. The van der Waals surface area contributed by atoms with Gasteiger partial charge in [-0.25, -0.2) is 4.98 Å². The second-order valence-electron chi connectivity index (χ2n) is 5.18. The van der Waals surface area contributed by atoms with Crippen LogP contribution in [0.5, 0.6) is 0 Å². The van der Waals surface area contributed by atoms with Crippen molar-refractivity contribution in [2.75, 3.05) is 31.1 Å². The lowest BCUT2D eigenvalue weighted by atomic mass is 10.3. The van der Waals surface area contributed by atoms with Gasteiger partial charge in [-0.2, -0.15) is 0 Å². The number of hydrogen-bond donors (Lipinski definition) is 1. The summed E-state index contributed by atoms with van der Waals surface area (Å²) in [5.74, 6) is 0. The molecule has 1 aliphatic carbocycles. The van der Waals surface area contributed by atoms with E-state index in [1.54, 1.807) is 11.3 Å². The maximum atomic E-state index is 5.78. The number of rotatable bonds is 4. The van der Waals surface area contributed by atoms with Gasteiger partial charge in [0.05, 0.1) is 5.69 Å². The molecule has 2 heterocycles. The molecule has 4 nitrogen and oxygen atoms in total. The normalized spacial score (nSPS) is 21.6. The zero-order chi connectivity index (χ0) is 12.5. The van der Waals surface area contributed by atoms with Crippen LogP contribution in [0.4, 0.5) is 5.13 Å². The van der Waals surface area contributed by atoms with E-state index in [-0.39, 0.29) is 0 Å². The van der Waals surface area contributed by atoms with Crippen molar-refractivity contribution in [2.24, 2.45) is 5.73 Å². The van der Waals surface area contributed by atoms with Crippen molar-refractivity contribution in [3.8, 4) is 0 Å². The zero-order valence-corrected chi connectivity index (χ0v) is 11.9. The van der Waals surface area contributed by atoms with Gasteiger partial charge in [-0.15, -0.1) is 11.3 Å². The van der Waals surface area contributed by atoms with Gasteiger partial charge in [0.15, 0.2) is 5.13 Å². The van der Waals surface area contributed by atoms with E-state index in [4.69, 9.17) is 10.7 Å². The molecule has 18 heavy (non-hydrogen) atoms. The molecule has 2 N–H and O–H groups in total. The molecule has 2 aliphatic rings. The topological polar surface area (TPSA) is 45.4 Å². The summed E-state index contributed by atoms with van der Waals surface area (Å²) >= 11 is 1.79. The van der Waals surface area contributed by atoms with Crippen molar-refractivity contribution in [2.45, 2.75) is 38.8 Å². The zero-order valence-electron chi connectivity index (χ0n) is 11.1. The van der Waals surface area contributed by atoms with Crippen molar-refractivity contribution >= 4 is 16.5 Å². The molecule has 0 atom stereocenters. The van der Waals surface area contributed by atoms with Crippen LogP contribution in [0.2, 0.25) is 0 Å². The average molecular weight is 266 g/mol. The Kier molecular flexibility index (Phi) is 3.54. The molecule has 5 heteroatoms. The fourth-order valence-electron chi connectivity index (χ4n) is 2.66. The standard InChI is InChI=1S/C13H22N4S/c1-2-11-12(9-14)18-13(15-11)17-7-5-16(6-8-17)10-3-4-10/h10H,2-9,14H2,1H3. The van der Waals surface area contributed by atoms with E-state index in [2.05, 4.69) is 16.7 Å². The smallest absolute Gasteiger partial charge is 0.185 e. The molecule has 1 saturated carbocycles. The van der Waals surface area contributed by atoms with E-state index in [1.807, 2.05) is 0 Å². The van der Waals surface area contributed by atoms with Gasteiger partial charge in [-0.1, -0.05) is 6.92 Å². The highest BCUT2D eigenvalue weighted by molar-refractivity contribution is 7.15. The van der Waals surface area contributed by atoms with Crippen LogP contribution in [0.15, 0.2) is 0 Å². The maximum Gasteiger partial charge on any atom is 0.185 e. The Hall–Kier alpha value is -0.650. The summed E-state index contributed by atoms with van der Waals surface area (Å²) in [6.07, 6.45) is 3.81. The minimum absolute atomic E-state index is 0.628. The highest BCUT2D eigenvalue weighted by atomic mass is 32.1. The van der Waals surface area contributed by atoms with Gasteiger partial charge >= 0.3 is 0 Å². The van der Waals surface area contributed by atoms with Crippen molar-refractivity contribution < 1.29 is 0 Å². The molecule has 1 aromatic rings. The third kappa shape index (κ3) is 2.39. The van der Waals surface area contributed by atoms with Crippen molar-refractivity contribution in [1.82, 2.24) is 9.88 Å². The molecule has 0 radical (unpaired) electrons. The number of piperazine rings is 1. The number of aromatic nitrogens is 1. The summed E-state index contributed by atoms with van der Waals surface area (Å²) < 4.78 is 0. The van der Waals surface area contributed by atoms with E-state index >= 15 is 0 Å². The second-order valence-corrected chi connectivity index (χ2v) is 6.24. The molecular formula is C13H22N4S. The van der Waals surface area contributed by atoms with Crippen molar-refractivity contribution in [1.29, 1.82) is 0 Å². The van der Waals surface area contributed by atoms with E-state index in [9.17, 15) is 0 Å². The number of hydrogen-bond acceptors (Lipinski definition) is 5. The van der Waals surface area contributed by atoms with Gasteiger partial charge in [0, 0.05) is 43.6 Å². The van der Waals surface area contributed by atoms with Crippen LogP contribution < -0.4 is 10.6 Å². The van der Waals surface area contributed by atoms with Crippen LogP contribution in [-0.2, 0) is 13.0 Å². The van der Waals surface area contributed by atoms with Gasteiger partial charge in [0.1, 0.15) is 0 Å². The summed E-state index contributed by atoms with van der Waals surface area (Å²) in [5, 5.41) is 1.18. The summed E-state index contributed by atoms with van der Waals surface area (Å²) in [7, 11) is 0. The van der Waals surface area contributed by atoms with Gasteiger partial charge in [-0.3, -0.25) is 4.90 Å². The largest absolute Gasteiger partial charge is 0.346 e. The number of aryl methyl sites for hydroxylation is 1. The summed E-state index contributed by atoms with van der Waals surface area (Å²) in [6, 6.07) is 0.897. The molecule has 3 rings (SSSR count). The van der Waals surface area contributed by atoms with Gasteiger partial charge in [-0.05, 0) is 19.3 Å². The summed E-state index contributed by atoms with van der Waals surface area (Å²) in [6.45, 7) is 7.42. The molecule has 1 saturated heterocycles. The van der Waals surface area contributed by atoms with E-state index < -0.39 is 0 Å². The molecule has 1 aliphatic heterocycles. The lowest BCUT2D eigenvalue weighted by molar-refractivity contribution is 0.248. The van der Waals surface area contributed by atoms with Gasteiger partial charge in [0.25, 0.3) is 0 Å². The monoisotopic (exact) mass is 266 g/mol. The first kappa shape index (κ1) is 12.4. The van der Waals surface area contributed by atoms with Crippen LogP contribution in [0.3, 0.4) is 0 Å². The fraction of sp³-hybridized carbons (Fsp3) is 0.769. The Morgan fingerprint density at radius 2 is 2.00 bits per heavy atom. The quantitative estimate of drug-likeness (QED) is 0.896. The third-order valence-electron chi connectivity index (χ3n) is 3.94. The minimum Gasteiger partial charge on any atom is -0.346 e. The van der Waals surface area contributed by atoms with Crippen LogP contribution in [-0.4, -0.2) is 42.1 Å². The molecule has 0 aromatic carbocycles. The fourth-order valence-corrected chi connectivity index (χ4v) is 3.74. The second kappa shape index (κ2) is 5.15. The van der Waals surface area contributed by atoms with Crippen LogP contribution in [0, 0.1) is 0 Å². The van der Waals surface area contributed by atoms with Gasteiger partial charge < -0.3 is 10.6 Å². The lowest BCUT2D eigenvalue weighted by Gasteiger charge is -2.34. The average Bonchev–Trinajstić information content (AvgIpc) is 3.18. The van der Waals surface area contributed by atoms with Crippen molar-refractivity contribution in [3.63, 3.8) is 0 Å². The number of thiazole rings is 1. The molecular weight excluding hydrogens is 244 g/mol. The number of nitrogens with zero attached hydrogens (tertiary/aromatic N) is 3. The van der Waals surface area contributed by atoms with Gasteiger partial charge in [0.2, 0.25) is 0 Å². The Morgan fingerprint density at radius 1 is 1.28 bits per heavy atom. The van der Waals surface area contributed by atoms with Crippen LogP contribution in [0.1, 0.15) is 30.3 Å². The first-order valence-corrected chi connectivity index (χ1v) is 7.81. The lowest BCUT2D eigenvalue weighted by Crippen LogP contribution is -2.47. The first-order valence-electron chi connectivity index (χ1n) is 6.99. The van der Waals surface area contributed by atoms with Crippen LogP contribution in [0.25, 0.3) is 0 Å². The molecule has 0 unspecified atom stereocenters. The Morgan fingerprint density at radius 3 is 2.50 bits per heavy atom. The Labute approximate surface area is 113 Å². The van der Waals surface area contributed by atoms with E-state index in [0.717, 1.165) is 25.6 Å². The Bertz CT molecular complexity index is 384. The van der Waals surface area contributed by atoms with E-state index in [1.165, 1.54) is 41.6 Å². The SMILES string of the molecule is CCc1nc(N2CCN(C3CC3)CC2)sc1CN. The molecule has 0 bridgehead atoms. The minimum atomic E-state index is 0.628. The van der Waals surface area contributed by atoms with Crippen LogP contribution >= 0.6 is 11.3 Å². The summed E-state index contributed by atoms with van der Waals surface area (Å²) in [4.78, 5) is 11.1. The maximum absolute atomic E-state index is 5.78. The highest BCUT2D eigenvalue weighted by Crippen LogP contribution is 2.30. The number of nitrogens with two attached hydrogens (primary N) is 1. The molecule has 1 aromatic heterocycles. The molecule has 0 spiro atoms. The third-order valence-corrected chi connectivity index (χ3v) is 5.12. The van der Waals surface area contributed by atoms with Crippen molar-refractivity contribution in [3.05, 3.63) is 10.6 Å².